The summed E-state index contributed by atoms with van der Waals surface area (Å²) in [5.74, 6) is 0.0346. The van der Waals surface area contributed by atoms with Crippen LogP contribution in [0.4, 0.5) is 10.8 Å². The molecule has 0 bridgehead atoms. The number of hydrogen-bond acceptors (Lipinski definition) is 6. The second kappa shape index (κ2) is 8.07. The van der Waals surface area contributed by atoms with E-state index < -0.39 is 0 Å². The minimum absolute atomic E-state index is 0.0990. The van der Waals surface area contributed by atoms with E-state index in [1.54, 1.807) is 6.92 Å². The van der Waals surface area contributed by atoms with Crippen molar-refractivity contribution in [1.82, 2.24) is 10.2 Å². The Hall–Kier alpha value is -1.93. The molecule has 23 heavy (non-hydrogen) atoms. The zero-order chi connectivity index (χ0) is 16.8. The molecule has 8 heteroatoms. The lowest BCUT2D eigenvalue weighted by molar-refractivity contribution is -0.116. The van der Waals surface area contributed by atoms with E-state index in [4.69, 9.17) is 0 Å². The number of rotatable bonds is 6. The van der Waals surface area contributed by atoms with Crippen LogP contribution in [0.15, 0.2) is 22.5 Å². The van der Waals surface area contributed by atoms with Gasteiger partial charge in [0.25, 0.3) is 0 Å². The quantitative estimate of drug-likeness (QED) is 0.617. The number of carbonyl (C=O) groups is 2. The lowest BCUT2D eigenvalue weighted by Crippen LogP contribution is -2.15. The molecule has 0 unspecified atom stereocenters. The molecule has 0 aliphatic rings. The van der Waals surface area contributed by atoms with Crippen molar-refractivity contribution in [2.45, 2.75) is 31.5 Å². The standard InChI is InChI=1S/C15H18N4O2S2/c1-4-12(20)17-14-18-19-15(23-14)22-8-13(21)16-11-7-5-6-9(2)10(11)3/h5-7H,4,8H2,1-3H3,(H,16,21)(H,17,18,20). The molecule has 1 heterocycles. The molecule has 2 aromatic rings. The summed E-state index contributed by atoms with van der Waals surface area (Å²) in [5.41, 5.74) is 3.02. The zero-order valence-electron chi connectivity index (χ0n) is 13.2. The van der Waals surface area contributed by atoms with E-state index in [1.807, 2.05) is 32.0 Å². The Morgan fingerprint density at radius 3 is 2.70 bits per heavy atom. The second-order valence-corrected chi connectivity index (χ2v) is 7.06. The van der Waals surface area contributed by atoms with Gasteiger partial charge in [0.2, 0.25) is 16.9 Å². The summed E-state index contributed by atoms with van der Waals surface area (Å²) in [6.45, 7) is 5.75. The van der Waals surface area contributed by atoms with Gasteiger partial charge in [0.05, 0.1) is 5.75 Å². The van der Waals surface area contributed by atoms with Crippen molar-refractivity contribution in [1.29, 1.82) is 0 Å². The number of nitrogens with one attached hydrogen (secondary N) is 2. The average molecular weight is 350 g/mol. The molecular formula is C15H18N4O2S2. The number of anilines is 2. The third kappa shape index (κ3) is 5.04. The van der Waals surface area contributed by atoms with Crippen LogP contribution < -0.4 is 10.6 Å². The van der Waals surface area contributed by atoms with E-state index in [2.05, 4.69) is 20.8 Å². The van der Waals surface area contributed by atoms with Crippen LogP contribution in [0.1, 0.15) is 24.5 Å². The van der Waals surface area contributed by atoms with Crippen LogP contribution >= 0.6 is 23.1 Å². The van der Waals surface area contributed by atoms with Gasteiger partial charge in [-0.1, -0.05) is 42.2 Å². The Bertz CT molecular complexity index is 715. The maximum Gasteiger partial charge on any atom is 0.234 e. The molecule has 0 fully saturated rings. The number of nitrogens with zero attached hydrogens (tertiary/aromatic N) is 2. The summed E-state index contributed by atoms with van der Waals surface area (Å²) in [5, 5.41) is 13.8. The van der Waals surface area contributed by atoms with Crippen molar-refractivity contribution in [2.75, 3.05) is 16.4 Å². The smallest absolute Gasteiger partial charge is 0.234 e. The molecule has 0 aliphatic heterocycles. The Labute approximate surface area is 143 Å². The molecule has 2 N–H and O–H groups in total. The molecule has 2 rings (SSSR count). The van der Waals surface area contributed by atoms with Crippen molar-refractivity contribution in [3.05, 3.63) is 29.3 Å². The Kier molecular flexibility index (Phi) is 6.12. The first-order valence-corrected chi connectivity index (χ1v) is 8.92. The average Bonchev–Trinajstić information content (AvgIpc) is 2.97. The normalized spacial score (nSPS) is 10.4. The number of aryl methyl sites for hydroxylation is 1. The minimum Gasteiger partial charge on any atom is -0.325 e. The molecule has 1 aromatic carbocycles. The Balaban J connectivity index is 1.87. The molecule has 0 radical (unpaired) electrons. The van der Waals surface area contributed by atoms with E-state index in [9.17, 15) is 9.59 Å². The number of benzene rings is 1. The zero-order valence-corrected chi connectivity index (χ0v) is 14.8. The molecule has 6 nitrogen and oxygen atoms in total. The van der Waals surface area contributed by atoms with Gasteiger partial charge >= 0.3 is 0 Å². The Morgan fingerprint density at radius 1 is 1.17 bits per heavy atom. The fraction of sp³-hybridized carbons (Fsp3) is 0.333. The molecule has 122 valence electrons. The summed E-state index contributed by atoms with van der Waals surface area (Å²) >= 11 is 2.55. The van der Waals surface area contributed by atoms with Gasteiger partial charge in [-0.15, -0.1) is 10.2 Å². The van der Waals surface area contributed by atoms with E-state index in [-0.39, 0.29) is 17.6 Å². The topological polar surface area (TPSA) is 84.0 Å². The summed E-state index contributed by atoms with van der Waals surface area (Å²) in [6, 6.07) is 5.81. The fourth-order valence-corrected chi connectivity index (χ4v) is 3.29. The largest absolute Gasteiger partial charge is 0.325 e. The second-order valence-electron chi connectivity index (χ2n) is 4.86. The van der Waals surface area contributed by atoms with E-state index in [0.29, 0.717) is 15.9 Å². The molecule has 0 saturated heterocycles. The van der Waals surface area contributed by atoms with Gasteiger partial charge in [0.15, 0.2) is 4.34 Å². The number of carbonyl (C=O) groups excluding carboxylic acids is 2. The first-order chi connectivity index (χ1) is 11.0. The predicted molar refractivity (Wildman–Crippen MR) is 94.1 cm³/mol. The number of aromatic nitrogens is 2. The predicted octanol–water partition coefficient (Wildman–Crippen LogP) is 3.23. The number of amides is 2. The van der Waals surface area contributed by atoms with Gasteiger partial charge in [-0.3, -0.25) is 9.59 Å². The molecule has 0 spiro atoms. The fourth-order valence-electron chi connectivity index (χ4n) is 1.73. The van der Waals surface area contributed by atoms with Gasteiger partial charge < -0.3 is 10.6 Å². The van der Waals surface area contributed by atoms with Crippen LogP contribution in [0, 0.1) is 13.8 Å². The van der Waals surface area contributed by atoms with Crippen molar-refractivity contribution in [2.24, 2.45) is 0 Å². The third-order valence-electron chi connectivity index (χ3n) is 3.18. The summed E-state index contributed by atoms with van der Waals surface area (Å²) in [4.78, 5) is 23.3. The van der Waals surface area contributed by atoms with Gasteiger partial charge in [-0.2, -0.15) is 0 Å². The number of hydrogen-bond donors (Lipinski definition) is 2. The monoisotopic (exact) mass is 350 g/mol. The van der Waals surface area contributed by atoms with Gasteiger partial charge in [-0.25, -0.2) is 0 Å². The summed E-state index contributed by atoms with van der Waals surface area (Å²) in [7, 11) is 0. The van der Waals surface area contributed by atoms with Crippen LogP contribution in [0.25, 0.3) is 0 Å². The lowest BCUT2D eigenvalue weighted by atomic mass is 10.1. The highest BCUT2D eigenvalue weighted by molar-refractivity contribution is 8.01. The van der Waals surface area contributed by atoms with Crippen LogP contribution in [-0.4, -0.2) is 27.8 Å². The first kappa shape index (κ1) is 17.4. The summed E-state index contributed by atoms with van der Waals surface area (Å²) in [6.07, 6.45) is 0.389. The first-order valence-electron chi connectivity index (χ1n) is 7.11. The maximum absolute atomic E-state index is 12.0. The Morgan fingerprint density at radius 2 is 1.96 bits per heavy atom. The highest BCUT2D eigenvalue weighted by Gasteiger charge is 2.11. The van der Waals surface area contributed by atoms with Crippen LogP contribution in [0.2, 0.25) is 0 Å². The van der Waals surface area contributed by atoms with E-state index in [0.717, 1.165) is 16.8 Å². The highest BCUT2D eigenvalue weighted by atomic mass is 32.2. The molecule has 0 saturated carbocycles. The lowest BCUT2D eigenvalue weighted by Gasteiger charge is -2.09. The molecule has 2 amide bonds. The van der Waals surface area contributed by atoms with Crippen molar-refractivity contribution >= 4 is 45.7 Å². The highest BCUT2D eigenvalue weighted by Crippen LogP contribution is 2.26. The molecule has 0 atom stereocenters. The van der Waals surface area contributed by atoms with Gasteiger partial charge in [0.1, 0.15) is 0 Å². The van der Waals surface area contributed by atoms with Crippen molar-refractivity contribution in [3.63, 3.8) is 0 Å². The van der Waals surface area contributed by atoms with Crippen molar-refractivity contribution in [3.8, 4) is 0 Å². The molecular weight excluding hydrogens is 332 g/mol. The summed E-state index contributed by atoms with van der Waals surface area (Å²) < 4.78 is 0.646. The van der Waals surface area contributed by atoms with Crippen LogP contribution in [-0.2, 0) is 9.59 Å². The number of thioether (sulfide) groups is 1. The molecule has 1 aromatic heterocycles. The van der Waals surface area contributed by atoms with E-state index in [1.165, 1.54) is 23.1 Å². The van der Waals surface area contributed by atoms with Gasteiger partial charge in [-0.05, 0) is 31.0 Å². The minimum atomic E-state index is -0.106. The van der Waals surface area contributed by atoms with E-state index >= 15 is 0 Å². The van der Waals surface area contributed by atoms with Crippen molar-refractivity contribution < 1.29 is 9.59 Å². The third-order valence-corrected chi connectivity index (χ3v) is 5.15. The van der Waals surface area contributed by atoms with Crippen LogP contribution in [0.3, 0.4) is 0 Å². The maximum atomic E-state index is 12.0. The SMILES string of the molecule is CCC(=O)Nc1nnc(SCC(=O)Nc2cccc(C)c2C)s1. The van der Waals surface area contributed by atoms with Gasteiger partial charge in [0, 0.05) is 12.1 Å². The molecule has 0 aliphatic carbocycles. The van der Waals surface area contributed by atoms with Crippen LogP contribution in [0.5, 0.6) is 0 Å².